The number of hydrogen-bond donors (Lipinski definition) is 2. The third-order valence-electron chi connectivity index (χ3n) is 7.93. The van der Waals surface area contributed by atoms with E-state index in [1.54, 1.807) is 24.3 Å². The van der Waals surface area contributed by atoms with E-state index in [1.807, 2.05) is 0 Å². The molecule has 2 N–H and O–H groups in total. The topological polar surface area (TPSA) is 56.8 Å². The zero-order valence-electron chi connectivity index (χ0n) is 21.9. The Bertz CT molecular complexity index is 1100. The maximum absolute atomic E-state index is 13.3. The number of piperazine rings is 1. The molecule has 39 heavy (non-hydrogen) atoms. The van der Waals surface area contributed by atoms with Crippen LogP contribution in [0.15, 0.2) is 42.5 Å². The van der Waals surface area contributed by atoms with Gasteiger partial charge in [0.15, 0.2) is 0 Å². The molecule has 0 radical (unpaired) electrons. The van der Waals surface area contributed by atoms with Crippen molar-refractivity contribution in [2.24, 2.45) is 5.92 Å². The summed E-state index contributed by atoms with van der Waals surface area (Å²) in [6.45, 7) is 6.57. The number of rotatable bonds is 9. The van der Waals surface area contributed by atoms with Gasteiger partial charge >= 0.3 is 6.36 Å². The number of carbonyl (C=O) groups excluding carboxylic acids is 1. The Morgan fingerprint density at radius 2 is 1.85 bits per heavy atom. The maximum Gasteiger partial charge on any atom is 0.573 e. The lowest BCUT2D eigenvalue weighted by molar-refractivity contribution is -0.274. The summed E-state index contributed by atoms with van der Waals surface area (Å²) in [4.78, 5) is 14.8. The molecule has 2 aromatic carbocycles. The summed E-state index contributed by atoms with van der Waals surface area (Å²) in [5, 5.41) is 6.17. The van der Waals surface area contributed by atoms with Crippen LogP contribution in [0, 0.1) is 11.7 Å². The Balaban J connectivity index is 0.000000229. The van der Waals surface area contributed by atoms with Gasteiger partial charge < -0.3 is 25.2 Å². The zero-order valence-corrected chi connectivity index (χ0v) is 22.7. The number of fused-ring (bicyclic) bond motifs is 1. The molecule has 2 saturated carbocycles. The lowest BCUT2D eigenvalue weighted by atomic mass is 9.93. The van der Waals surface area contributed by atoms with Crippen LogP contribution in [0.1, 0.15) is 31.2 Å². The van der Waals surface area contributed by atoms with Gasteiger partial charge in [0.25, 0.3) is 0 Å². The summed E-state index contributed by atoms with van der Waals surface area (Å²) < 4.78 is 54.0. The molecule has 5 rings (SSSR count). The highest BCUT2D eigenvalue weighted by molar-refractivity contribution is 6.31. The second kappa shape index (κ2) is 12.7. The first-order valence-corrected chi connectivity index (χ1v) is 13.6. The van der Waals surface area contributed by atoms with Crippen LogP contribution >= 0.6 is 11.6 Å². The number of halogens is 5. The van der Waals surface area contributed by atoms with Crippen LogP contribution in [0.3, 0.4) is 0 Å². The van der Waals surface area contributed by atoms with Crippen LogP contribution in [0.4, 0.5) is 23.2 Å². The molecule has 2 aromatic rings. The molecule has 214 valence electrons. The van der Waals surface area contributed by atoms with E-state index in [9.17, 15) is 22.4 Å². The van der Waals surface area contributed by atoms with Gasteiger partial charge in [0, 0.05) is 49.9 Å². The second-order valence-electron chi connectivity index (χ2n) is 10.5. The highest BCUT2D eigenvalue weighted by atomic mass is 35.5. The first kappa shape index (κ1) is 29.4. The number of hydrogen-bond acceptors (Lipinski definition) is 5. The van der Waals surface area contributed by atoms with Crippen molar-refractivity contribution < 1.29 is 27.1 Å². The fourth-order valence-electron chi connectivity index (χ4n) is 5.74. The smallest absolute Gasteiger partial charge is 0.406 e. The largest absolute Gasteiger partial charge is 0.573 e. The Hall–Kier alpha value is -2.56. The van der Waals surface area contributed by atoms with Crippen LogP contribution in [0.5, 0.6) is 5.75 Å². The molecule has 2 aliphatic carbocycles. The minimum atomic E-state index is -4.68. The average Bonchev–Trinajstić information content (AvgIpc) is 3.54. The SMILES string of the molecule is CN1CCN(CCCNC=O)CC1.Fc1ccc(NC2CCC3(c4ccc(OC(F)(F)F)cc4)CC23)cc1Cl. The molecule has 6 nitrogen and oxygen atoms in total. The molecule has 11 heteroatoms. The first-order valence-electron chi connectivity index (χ1n) is 13.3. The van der Waals surface area contributed by atoms with E-state index in [1.165, 1.54) is 31.3 Å². The van der Waals surface area contributed by atoms with Gasteiger partial charge in [0.05, 0.1) is 5.02 Å². The summed E-state index contributed by atoms with van der Waals surface area (Å²) in [6, 6.07) is 11.0. The van der Waals surface area contributed by atoms with Gasteiger partial charge in [-0.1, -0.05) is 23.7 Å². The van der Waals surface area contributed by atoms with Gasteiger partial charge in [-0.15, -0.1) is 13.2 Å². The van der Waals surface area contributed by atoms with Crippen LogP contribution in [0.2, 0.25) is 5.02 Å². The van der Waals surface area contributed by atoms with Crippen molar-refractivity contribution in [3.63, 3.8) is 0 Å². The Kier molecular flexibility index (Phi) is 9.61. The molecule has 3 fully saturated rings. The van der Waals surface area contributed by atoms with Crippen molar-refractivity contribution >= 4 is 23.7 Å². The summed E-state index contributed by atoms with van der Waals surface area (Å²) in [6.07, 6.45) is 0.0381. The molecular weight excluding hydrogens is 536 g/mol. The van der Waals surface area contributed by atoms with Crippen LogP contribution in [-0.2, 0) is 10.2 Å². The summed E-state index contributed by atoms with van der Waals surface area (Å²) >= 11 is 5.82. The molecule has 1 heterocycles. The Morgan fingerprint density at radius 1 is 1.13 bits per heavy atom. The van der Waals surface area contributed by atoms with E-state index < -0.39 is 12.2 Å². The van der Waals surface area contributed by atoms with E-state index in [0.29, 0.717) is 5.92 Å². The quantitative estimate of drug-likeness (QED) is 0.244. The van der Waals surface area contributed by atoms with E-state index in [0.717, 1.165) is 69.5 Å². The number of carbonyl (C=O) groups is 1. The third kappa shape index (κ3) is 7.99. The molecule has 3 aliphatic rings. The number of nitrogens with zero attached hydrogens (tertiary/aromatic N) is 2. The first-order chi connectivity index (χ1) is 18.6. The third-order valence-corrected chi connectivity index (χ3v) is 8.22. The normalized spacial score (nSPS) is 24.8. The van der Waals surface area contributed by atoms with Crippen molar-refractivity contribution in [1.29, 1.82) is 0 Å². The molecule has 1 aliphatic heterocycles. The van der Waals surface area contributed by atoms with Gasteiger partial charge in [0.1, 0.15) is 11.6 Å². The fourth-order valence-corrected chi connectivity index (χ4v) is 5.92. The predicted molar refractivity (Wildman–Crippen MR) is 144 cm³/mol. The number of amides is 1. The van der Waals surface area contributed by atoms with Crippen LogP contribution in [0.25, 0.3) is 0 Å². The number of nitrogens with one attached hydrogen (secondary N) is 2. The van der Waals surface area contributed by atoms with Crippen molar-refractivity contribution in [3.8, 4) is 5.75 Å². The number of anilines is 1. The lowest BCUT2D eigenvalue weighted by Crippen LogP contribution is -2.45. The highest BCUT2D eigenvalue weighted by Gasteiger charge is 2.62. The van der Waals surface area contributed by atoms with Crippen molar-refractivity contribution in [2.75, 3.05) is 51.6 Å². The fraction of sp³-hybridized carbons (Fsp3) is 0.536. The lowest BCUT2D eigenvalue weighted by Gasteiger charge is -2.32. The molecule has 1 amide bonds. The second-order valence-corrected chi connectivity index (χ2v) is 10.9. The van der Waals surface area contributed by atoms with E-state index >= 15 is 0 Å². The predicted octanol–water partition coefficient (Wildman–Crippen LogP) is 5.28. The van der Waals surface area contributed by atoms with Crippen molar-refractivity contribution in [1.82, 2.24) is 15.1 Å². The van der Waals surface area contributed by atoms with Crippen molar-refractivity contribution in [2.45, 2.75) is 43.5 Å². The van der Waals surface area contributed by atoms with Gasteiger partial charge in [-0.2, -0.15) is 0 Å². The minimum absolute atomic E-state index is 0.0122. The van der Waals surface area contributed by atoms with Crippen LogP contribution < -0.4 is 15.4 Å². The number of likely N-dealkylation sites (N-methyl/N-ethyl adjacent to an activating group) is 1. The van der Waals surface area contributed by atoms with E-state index in [2.05, 4.69) is 32.2 Å². The Morgan fingerprint density at radius 3 is 2.46 bits per heavy atom. The number of ether oxygens (including phenoxy) is 1. The molecule has 1 saturated heterocycles. The molecular formula is C28H35ClF4N4O2. The average molecular weight is 571 g/mol. The monoisotopic (exact) mass is 570 g/mol. The summed E-state index contributed by atoms with van der Waals surface area (Å²) in [5.74, 6) is -0.255. The standard InChI is InChI=1S/C19H16ClF4NO.C9H19N3O/c20-15-9-12(3-6-16(15)21)25-17-7-8-18(10-14(17)18)11-1-4-13(5-2-11)26-19(22,23)24;1-11-5-7-12(8-6-11)4-2-3-10-9-13/h1-6,9,14,17,25H,7-8,10H2;9H,2-8H2,1H3,(H,10,13). The summed E-state index contributed by atoms with van der Waals surface area (Å²) in [5.41, 5.74) is 1.83. The van der Waals surface area contributed by atoms with Crippen molar-refractivity contribution in [3.05, 3.63) is 58.9 Å². The van der Waals surface area contributed by atoms with Crippen LogP contribution in [-0.4, -0.2) is 74.9 Å². The minimum Gasteiger partial charge on any atom is -0.406 e. The maximum atomic E-state index is 13.3. The summed E-state index contributed by atoms with van der Waals surface area (Å²) in [7, 11) is 2.16. The highest BCUT2D eigenvalue weighted by Crippen LogP contribution is 2.64. The molecule has 3 atom stereocenters. The molecule has 0 aromatic heterocycles. The molecule has 0 bridgehead atoms. The number of benzene rings is 2. The molecule has 0 spiro atoms. The van der Waals surface area contributed by atoms with Gasteiger partial charge in [-0.05, 0) is 81.1 Å². The zero-order chi connectivity index (χ0) is 28.0. The van der Waals surface area contributed by atoms with Gasteiger partial charge in [-0.3, -0.25) is 4.79 Å². The Labute approximate surface area is 231 Å². The number of alkyl halides is 3. The molecule has 3 unspecified atom stereocenters. The van der Waals surface area contributed by atoms with E-state index in [-0.39, 0.29) is 22.2 Å². The van der Waals surface area contributed by atoms with E-state index in [4.69, 9.17) is 11.6 Å². The van der Waals surface area contributed by atoms with Gasteiger partial charge in [-0.25, -0.2) is 4.39 Å². The van der Waals surface area contributed by atoms with Gasteiger partial charge in [0.2, 0.25) is 6.41 Å².